The number of aromatic nitrogens is 5. The van der Waals surface area contributed by atoms with Crippen molar-refractivity contribution in [2.24, 2.45) is 5.92 Å². The Morgan fingerprint density at radius 2 is 2.02 bits per heavy atom. The van der Waals surface area contributed by atoms with E-state index < -0.39 is 5.82 Å². The Morgan fingerprint density at radius 1 is 1.20 bits per heavy atom. The third-order valence-electron chi connectivity index (χ3n) is 8.97. The van der Waals surface area contributed by atoms with Crippen LogP contribution in [0.3, 0.4) is 0 Å². The largest absolute Gasteiger partial charge is 0.481 e. The molecule has 1 aliphatic carbocycles. The van der Waals surface area contributed by atoms with Gasteiger partial charge in [-0.25, -0.2) is 19.3 Å². The molecular weight excluding hydrogens is 529 g/mol. The van der Waals surface area contributed by atoms with Crippen LogP contribution in [0.5, 0.6) is 5.88 Å². The molecule has 12 nitrogen and oxygen atoms in total. The van der Waals surface area contributed by atoms with Crippen LogP contribution in [0.4, 0.5) is 10.1 Å². The summed E-state index contributed by atoms with van der Waals surface area (Å²) >= 11 is 0. The van der Waals surface area contributed by atoms with Crippen LogP contribution in [0.15, 0.2) is 30.7 Å². The zero-order chi connectivity index (χ0) is 28.1. The molecule has 214 valence electrons. The number of hydrogen-bond donors (Lipinski definition) is 3. The van der Waals surface area contributed by atoms with Gasteiger partial charge in [0.05, 0.1) is 43.6 Å². The van der Waals surface area contributed by atoms with E-state index in [0.717, 1.165) is 44.2 Å². The van der Waals surface area contributed by atoms with Gasteiger partial charge in [-0.3, -0.25) is 14.7 Å². The molecule has 13 heteroatoms. The fourth-order valence-electron chi connectivity index (χ4n) is 6.57. The van der Waals surface area contributed by atoms with E-state index in [1.54, 1.807) is 6.07 Å². The number of carbonyl (C=O) groups excluding carboxylic acids is 2. The smallest absolute Gasteiger partial charge is 0.272 e. The van der Waals surface area contributed by atoms with Crippen LogP contribution in [-0.4, -0.2) is 86.2 Å². The first-order valence-electron chi connectivity index (χ1n) is 14.1. The van der Waals surface area contributed by atoms with Crippen LogP contribution in [-0.2, 0) is 11.3 Å². The highest BCUT2D eigenvalue weighted by atomic mass is 19.1. The van der Waals surface area contributed by atoms with Crippen molar-refractivity contribution in [2.45, 2.75) is 56.3 Å². The zero-order valence-corrected chi connectivity index (χ0v) is 22.8. The Morgan fingerprint density at radius 3 is 2.73 bits per heavy atom. The Labute approximate surface area is 236 Å². The number of aromatic amines is 1. The lowest BCUT2D eigenvalue weighted by molar-refractivity contribution is -0.127. The van der Waals surface area contributed by atoms with E-state index in [4.69, 9.17) is 4.74 Å². The van der Waals surface area contributed by atoms with Gasteiger partial charge in [-0.15, -0.1) is 0 Å². The maximum Gasteiger partial charge on any atom is 0.272 e. The highest BCUT2D eigenvalue weighted by Crippen LogP contribution is 2.50. The predicted octanol–water partition coefficient (Wildman–Crippen LogP) is 1.66. The molecule has 3 N–H and O–H groups in total. The summed E-state index contributed by atoms with van der Waals surface area (Å²) in [6, 6.07) is 4.05. The maximum atomic E-state index is 14.4. The van der Waals surface area contributed by atoms with E-state index in [1.807, 2.05) is 17.3 Å². The number of piperidine rings is 1. The number of anilines is 1. The molecule has 3 atom stereocenters. The van der Waals surface area contributed by atoms with Gasteiger partial charge in [0.1, 0.15) is 11.5 Å². The van der Waals surface area contributed by atoms with Gasteiger partial charge >= 0.3 is 0 Å². The average molecular weight is 562 g/mol. The van der Waals surface area contributed by atoms with E-state index in [-0.39, 0.29) is 47.0 Å². The number of nitrogens with zero attached hydrogens (tertiary/aromatic N) is 6. The molecule has 7 rings (SSSR count). The van der Waals surface area contributed by atoms with Crippen LogP contribution >= 0.6 is 0 Å². The van der Waals surface area contributed by atoms with Gasteiger partial charge in [0.2, 0.25) is 11.8 Å². The summed E-state index contributed by atoms with van der Waals surface area (Å²) in [6.07, 6.45) is 8.77. The molecule has 2 amide bonds. The highest BCUT2D eigenvalue weighted by molar-refractivity contribution is 5.94. The molecule has 4 fully saturated rings. The molecule has 3 saturated heterocycles. The van der Waals surface area contributed by atoms with Crippen LogP contribution in [0.2, 0.25) is 0 Å². The summed E-state index contributed by atoms with van der Waals surface area (Å²) in [5.41, 5.74) is 1.46. The Balaban J connectivity index is 0.955. The summed E-state index contributed by atoms with van der Waals surface area (Å²) < 4.78 is 19.5. The van der Waals surface area contributed by atoms with Gasteiger partial charge in [0.25, 0.3) is 5.91 Å². The van der Waals surface area contributed by atoms with Crippen LogP contribution < -0.4 is 20.3 Å². The van der Waals surface area contributed by atoms with E-state index >= 15 is 0 Å². The fraction of sp³-hybridized carbons (Fsp3) is 0.500. The summed E-state index contributed by atoms with van der Waals surface area (Å²) in [5, 5.41) is 13.4. The van der Waals surface area contributed by atoms with Gasteiger partial charge < -0.3 is 25.2 Å². The summed E-state index contributed by atoms with van der Waals surface area (Å²) in [4.78, 5) is 43.6. The number of piperazine rings is 1. The molecule has 1 unspecified atom stereocenters. The van der Waals surface area contributed by atoms with E-state index in [9.17, 15) is 14.0 Å². The number of carbonyl (C=O) groups is 2. The number of methoxy groups -OCH3 is 1. The Hall–Kier alpha value is -4.13. The quantitative estimate of drug-likeness (QED) is 0.393. The van der Waals surface area contributed by atoms with Crippen molar-refractivity contribution < 1.29 is 18.7 Å². The number of nitrogens with one attached hydrogen (secondary N) is 3. The number of amides is 2. The van der Waals surface area contributed by atoms with Gasteiger partial charge in [0.15, 0.2) is 5.82 Å². The number of likely N-dealkylation sites (tertiary alicyclic amines) is 1. The van der Waals surface area contributed by atoms with E-state index in [0.29, 0.717) is 43.0 Å². The van der Waals surface area contributed by atoms with Crippen molar-refractivity contribution in [1.82, 2.24) is 40.7 Å². The molecule has 1 saturated carbocycles. The van der Waals surface area contributed by atoms with Crippen molar-refractivity contribution in [3.8, 4) is 17.1 Å². The third kappa shape index (κ3) is 4.77. The maximum absolute atomic E-state index is 14.4. The first kappa shape index (κ1) is 25.8. The average Bonchev–Trinajstić information content (AvgIpc) is 3.37. The first-order chi connectivity index (χ1) is 19.9. The number of ether oxygens (including phenoxy) is 1. The minimum Gasteiger partial charge on any atom is -0.481 e. The van der Waals surface area contributed by atoms with E-state index in [1.165, 1.54) is 13.2 Å². The van der Waals surface area contributed by atoms with Crippen molar-refractivity contribution in [1.29, 1.82) is 0 Å². The second kappa shape index (κ2) is 10.1. The molecule has 0 radical (unpaired) electrons. The molecule has 3 aromatic heterocycles. The molecule has 0 aromatic carbocycles. The number of H-pyrrole nitrogens is 1. The lowest BCUT2D eigenvalue weighted by Crippen LogP contribution is -2.50. The van der Waals surface area contributed by atoms with Gasteiger partial charge in [0, 0.05) is 54.8 Å². The number of rotatable bonds is 7. The van der Waals surface area contributed by atoms with Crippen molar-refractivity contribution in [3.63, 3.8) is 0 Å². The number of fused-ring (bicyclic) bond motifs is 2. The molecule has 2 bridgehead atoms. The lowest BCUT2D eigenvalue weighted by Gasteiger charge is -2.39. The monoisotopic (exact) mass is 561 g/mol. The van der Waals surface area contributed by atoms with Crippen LogP contribution in [0, 0.1) is 11.7 Å². The van der Waals surface area contributed by atoms with Gasteiger partial charge in [-0.2, -0.15) is 5.10 Å². The standard InChI is InChI=1S/C28H32FN9O3/c1-41-25-7-20(21(29)13-33-25)22-8-23(36-35-22)27(40)38-5-2-16(9-28(38)3-4-28)26(39)34-14-24-31-11-19(12-32-24)37-15-17-6-18(37)10-30-17/h7-8,11-13,16-18,30H,2-6,9-10,14-15H2,1H3,(H,34,39)(H,35,36)/t16?,17-,18-/m1/s1. The number of halogens is 1. The number of pyridine rings is 1. The predicted molar refractivity (Wildman–Crippen MR) is 145 cm³/mol. The molecule has 1 spiro atoms. The molecular formula is C28H32FN9O3. The molecule has 3 aliphatic heterocycles. The fourth-order valence-corrected chi connectivity index (χ4v) is 6.57. The minimum atomic E-state index is -0.556. The van der Waals surface area contributed by atoms with Crippen molar-refractivity contribution >= 4 is 17.5 Å². The van der Waals surface area contributed by atoms with Gasteiger partial charge in [-0.1, -0.05) is 0 Å². The van der Waals surface area contributed by atoms with E-state index in [2.05, 4.69) is 40.7 Å². The zero-order valence-electron chi connectivity index (χ0n) is 22.8. The number of hydrogen-bond acceptors (Lipinski definition) is 9. The molecule has 4 aliphatic rings. The summed E-state index contributed by atoms with van der Waals surface area (Å²) in [6.45, 7) is 2.71. The second-order valence-electron chi connectivity index (χ2n) is 11.5. The minimum absolute atomic E-state index is 0.0371. The van der Waals surface area contributed by atoms with Crippen LogP contribution in [0.25, 0.3) is 11.3 Å². The van der Waals surface area contributed by atoms with Crippen molar-refractivity contribution in [3.05, 3.63) is 48.1 Å². The third-order valence-corrected chi connectivity index (χ3v) is 8.97. The SMILES string of the molecule is COc1cc(-c2cc(C(=O)N3CCC(C(=O)NCc4ncc(N5C[C@H]6C[C@@H]5CN6)cn4)CC34CC4)[nH]n2)c(F)cn1. The molecule has 3 aromatic rings. The Bertz CT molecular complexity index is 1470. The molecule has 41 heavy (non-hydrogen) atoms. The lowest BCUT2D eigenvalue weighted by atomic mass is 9.88. The molecule has 6 heterocycles. The van der Waals surface area contributed by atoms with Crippen LogP contribution in [0.1, 0.15) is 48.4 Å². The summed E-state index contributed by atoms with van der Waals surface area (Å²) in [5.74, 6) is -0.147. The highest BCUT2D eigenvalue weighted by Gasteiger charge is 2.54. The van der Waals surface area contributed by atoms with Crippen molar-refractivity contribution in [2.75, 3.05) is 31.6 Å². The normalized spacial score (nSPS) is 24.1. The van der Waals surface area contributed by atoms with Gasteiger partial charge in [-0.05, 0) is 38.2 Å². The summed E-state index contributed by atoms with van der Waals surface area (Å²) in [7, 11) is 1.45. The topological polar surface area (TPSA) is 141 Å². The second-order valence-corrected chi connectivity index (χ2v) is 11.5. The Kier molecular flexibility index (Phi) is 6.33. The first-order valence-corrected chi connectivity index (χ1v) is 14.1.